The predicted octanol–water partition coefficient (Wildman–Crippen LogP) is 2.21. The first-order valence-corrected chi connectivity index (χ1v) is 7.92. The third kappa shape index (κ3) is 2.91. The Bertz CT molecular complexity index is 979. The summed E-state index contributed by atoms with van der Waals surface area (Å²) in [6.07, 6.45) is 1.09. The lowest BCUT2D eigenvalue weighted by Crippen LogP contribution is -2.34. The number of nitrogens with one attached hydrogen (secondary N) is 3. The van der Waals surface area contributed by atoms with Crippen LogP contribution in [-0.4, -0.2) is 27.9 Å². The zero-order valence-corrected chi connectivity index (χ0v) is 13.5. The lowest BCUT2D eigenvalue weighted by atomic mass is 10.1. The van der Waals surface area contributed by atoms with Gasteiger partial charge in [-0.05, 0) is 42.8 Å². The molecule has 0 saturated carbocycles. The van der Waals surface area contributed by atoms with E-state index in [0.717, 1.165) is 16.6 Å². The zero-order valence-electron chi connectivity index (χ0n) is 13.5. The summed E-state index contributed by atoms with van der Waals surface area (Å²) in [7, 11) is 0. The van der Waals surface area contributed by atoms with Crippen molar-refractivity contribution in [3.8, 4) is 5.75 Å². The number of anilines is 1. The van der Waals surface area contributed by atoms with Gasteiger partial charge in [0.1, 0.15) is 5.75 Å². The average Bonchev–Trinajstić information content (AvgIpc) is 3.08. The number of carbonyl (C=O) groups is 2. The molecule has 7 heteroatoms. The number of hydrogen-bond donors (Lipinski definition) is 3. The van der Waals surface area contributed by atoms with Gasteiger partial charge in [0, 0.05) is 12.1 Å². The molecule has 0 bridgehead atoms. The minimum atomic E-state index is -0.504. The molecule has 2 aromatic carbocycles. The van der Waals surface area contributed by atoms with Crippen LogP contribution in [0.4, 0.5) is 5.69 Å². The molecule has 0 saturated heterocycles. The Balaban J connectivity index is 1.46. The van der Waals surface area contributed by atoms with E-state index in [-0.39, 0.29) is 11.8 Å². The van der Waals surface area contributed by atoms with Crippen LogP contribution < -0.4 is 15.4 Å². The molecule has 3 N–H and O–H groups in total. The number of imidazole rings is 1. The summed E-state index contributed by atoms with van der Waals surface area (Å²) in [5.41, 5.74) is 3.67. The lowest BCUT2D eigenvalue weighted by molar-refractivity contribution is -0.122. The van der Waals surface area contributed by atoms with Crippen molar-refractivity contribution in [3.63, 3.8) is 0 Å². The molecule has 2 amide bonds. The van der Waals surface area contributed by atoms with Crippen LogP contribution in [0.3, 0.4) is 0 Å². The molecule has 7 nitrogen and oxygen atoms in total. The second-order valence-electron chi connectivity index (χ2n) is 5.90. The minimum Gasteiger partial charge on any atom is -0.479 e. The molecule has 2 heterocycles. The zero-order chi connectivity index (χ0) is 17.4. The Hall–Kier alpha value is -3.35. The molecule has 0 radical (unpaired) electrons. The minimum absolute atomic E-state index is 0.178. The highest BCUT2D eigenvalue weighted by atomic mass is 16.5. The predicted molar refractivity (Wildman–Crippen MR) is 92.4 cm³/mol. The number of H-pyrrole nitrogens is 1. The third-order valence-electron chi connectivity index (χ3n) is 4.11. The Morgan fingerprint density at radius 2 is 2.16 bits per heavy atom. The van der Waals surface area contributed by atoms with Gasteiger partial charge in [-0.15, -0.1) is 0 Å². The Morgan fingerprint density at radius 1 is 1.28 bits per heavy atom. The van der Waals surface area contributed by atoms with E-state index in [1.165, 1.54) is 0 Å². The van der Waals surface area contributed by atoms with E-state index in [2.05, 4.69) is 20.6 Å². The summed E-state index contributed by atoms with van der Waals surface area (Å²) in [6, 6.07) is 10.8. The van der Waals surface area contributed by atoms with Crippen molar-refractivity contribution < 1.29 is 14.3 Å². The van der Waals surface area contributed by atoms with Crippen LogP contribution in [0, 0.1) is 0 Å². The number of ether oxygens (including phenoxy) is 1. The smallest absolute Gasteiger partial charge is 0.265 e. The number of nitrogens with zero attached hydrogens (tertiary/aromatic N) is 1. The van der Waals surface area contributed by atoms with Crippen molar-refractivity contribution >= 4 is 28.5 Å². The van der Waals surface area contributed by atoms with Crippen LogP contribution in [0.5, 0.6) is 5.75 Å². The summed E-state index contributed by atoms with van der Waals surface area (Å²) in [4.78, 5) is 31.1. The van der Waals surface area contributed by atoms with Crippen molar-refractivity contribution in [2.24, 2.45) is 0 Å². The van der Waals surface area contributed by atoms with Gasteiger partial charge >= 0.3 is 0 Å². The van der Waals surface area contributed by atoms with Gasteiger partial charge in [-0.25, -0.2) is 4.98 Å². The van der Waals surface area contributed by atoms with Crippen LogP contribution in [-0.2, 0) is 11.3 Å². The molecule has 3 aromatic rings. The number of fused-ring (bicyclic) bond motifs is 2. The number of aromatic amines is 1. The summed E-state index contributed by atoms with van der Waals surface area (Å²) in [6.45, 7) is 2.04. The molecule has 25 heavy (non-hydrogen) atoms. The maximum atomic E-state index is 12.3. The van der Waals surface area contributed by atoms with E-state index in [9.17, 15) is 9.59 Å². The molecular formula is C18H16N4O3. The highest BCUT2D eigenvalue weighted by Gasteiger charge is 2.23. The van der Waals surface area contributed by atoms with Gasteiger partial charge in [-0.3, -0.25) is 9.59 Å². The summed E-state index contributed by atoms with van der Waals surface area (Å²) in [5, 5.41) is 5.67. The first-order chi connectivity index (χ1) is 12.1. The molecular weight excluding hydrogens is 320 g/mol. The normalized spacial score (nSPS) is 16.0. The van der Waals surface area contributed by atoms with Crippen molar-refractivity contribution in [2.75, 3.05) is 5.32 Å². The lowest BCUT2D eigenvalue weighted by Gasteiger charge is -2.23. The van der Waals surface area contributed by atoms with Crippen molar-refractivity contribution in [1.82, 2.24) is 15.3 Å². The summed E-state index contributed by atoms with van der Waals surface area (Å²) < 4.78 is 5.52. The number of rotatable bonds is 3. The SMILES string of the molecule is CC1Oc2ccc(CNC(=O)c3ccc4nc[nH]c4c3)cc2NC1=O. The fraction of sp³-hybridized carbons (Fsp3) is 0.167. The fourth-order valence-corrected chi connectivity index (χ4v) is 2.73. The third-order valence-corrected chi connectivity index (χ3v) is 4.11. The van der Waals surface area contributed by atoms with Gasteiger partial charge in [0.25, 0.3) is 11.8 Å². The maximum Gasteiger partial charge on any atom is 0.265 e. The van der Waals surface area contributed by atoms with Gasteiger partial charge in [-0.1, -0.05) is 6.07 Å². The van der Waals surface area contributed by atoms with Crippen molar-refractivity contribution in [3.05, 3.63) is 53.9 Å². The number of carbonyl (C=O) groups excluding carboxylic acids is 2. The van der Waals surface area contributed by atoms with E-state index >= 15 is 0 Å². The van der Waals surface area contributed by atoms with Crippen LogP contribution >= 0.6 is 0 Å². The standard InChI is InChI=1S/C18H16N4O3/c1-10-17(23)22-15-6-11(2-5-16(15)25-10)8-19-18(24)12-3-4-13-14(7-12)21-9-20-13/h2-7,9-10H,8H2,1H3,(H,19,24)(H,20,21)(H,22,23). The molecule has 0 spiro atoms. The van der Waals surface area contributed by atoms with Gasteiger partial charge in [0.2, 0.25) is 0 Å². The average molecular weight is 336 g/mol. The van der Waals surface area contributed by atoms with Gasteiger partial charge in [0.05, 0.1) is 23.0 Å². The van der Waals surface area contributed by atoms with Gasteiger partial charge < -0.3 is 20.4 Å². The second kappa shape index (κ2) is 5.94. The van der Waals surface area contributed by atoms with Gasteiger partial charge in [0.15, 0.2) is 6.10 Å². The summed E-state index contributed by atoms with van der Waals surface area (Å²) >= 11 is 0. The van der Waals surface area contributed by atoms with Crippen molar-refractivity contribution in [1.29, 1.82) is 0 Å². The molecule has 1 aliphatic rings. The molecule has 1 aromatic heterocycles. The Kier molecular flexibility index (Phi) is 3.61. The quantitative estimate of drug-likeness (QED) is 0.683. The molecule has 0 fully saturated rings. The second-order valence-corrected chi connectivity index (χ2v) is 5.90. The Morgan fingerprint density at radius 3 is 3.04 bits per heavy atom. The van der Waals surface area contributed by atoms with E-state index in [1.54, 1.807) is 43.6 Å². The van der Waals surface area contributed by atoms with E-state index in [0.29, 0.717) is 23.5 Å². The van der Waals surface area contributed by atoms with Crippen molar-refractivity contribution in [2.45, 2.75) is 19.6 Å². The van der Waals surface area contributed by atoms with E-state index < -0.39 is 6.10 Å². The number of amides is 2. The molecule has 4 rings (SSSR count). The summed E-state index contributed by atoms with van der Waals surface area (Å²) in [5.74, 6) is 0.275. The highest BCUT2D eigenvalue weighted by Crippen LogP contribution is 2.30. The van der Waals surface area contributed by atoms with E-state index in [4.69, 9.17) is 4.74 Å². The molecule has 1 aliphatic heterocycles. The molecule has 126 valence electrons. The largest absolute Gasteiger partial charge is 0.479 e. The highest BCUT2D eigenvalue weighted by molar-refractivity contribution is 5.98. The number of benzene rings is 2. The number of hydrogen-bond acceptors (Lipinski definition) is 4. The molecule has 1 unspecified atom stereocenters. The topological polar surface area (TPSA) is 96.1 Å². The molecule has 0 aliphatic carbocycles. The number of aromatic nitrogens is 2. The van der Waals surface area contributed by atoms with Crippen LogP contribution in [0.1, 0.15) is 22.8 Å². The van der Waals surface area contributed by atoms with Crippen LogP contribution in [0.15, 0.2) is 42.7 Å². The van der Waals surface area contributed by atoms with Crippen LogP contribution in [0.2, 0.25) is 0 Å². The molecule has 1 atom stereocenters. The fourth-order valence-electron chi connectivity index (χ4n) is 2.73. The Labute approximate surface area is 143 Å². The maximum absolute atomic E-state index is 12.3. The van der Waals surface area contributed by atoms with Gasteiger partial charge in [-0.2, -0.15) is 0 Å². The van der Waals surface area contributed by atoms with E-state index in [1.807, 2.05) is 6.07 Å². The van der Waals surface area contributed by atoms with Crippen LogP contribution in [0.25, 0.3) is 11.0 Å². The monoisotopic (exact) mass is 336 g/mol. The first kappa shape index (κ1) is 15.2. The first-order valence-electron chi connectivity index (χ1n) is 7.92.